The molecule has 6 heteroatoms. The molecule has 0 aliphatic carbocycles. The van der Waals surface area contributed by atoms with E-state index in [1.54, 1.807) is 0 Å². The van der Waals surface area contributed by atoms with Crippen molar-refractivity contribution in [1.82, 2.24) is 5.32 Å². The maximum Gasteiger partial charge on any atom is 0.336 e. The number of carbonyl (C=O) groups excluding carboxylic acids is 2. The van der Waals surface area contributed by atoms with Crippen molar-refractivity contribution in [2.45, 2.75) is 39.5 Å². The van der Waals surface area contributed by atoms with Crippen molar-refractivity contribution in [3.63, 3.8) is 0 Å². The third-order valence-corrected chi connectivity index (χ3v) is 4.63. The second-order valence-electron chi connectivity index (χ2n) is 7.21. The molecule has 28 heavy (non-hydrogen) atoms. The quantitative estimate of drug-likeness (QED) is 0.758. The SMILES string of the molecule is COC(=O)CC1=C(C(=O)OC)C(c2ccc(C)cc2)C(C#N)=C(CC(C)C)N1. The second-order valence-corrected chi connectivity index (χ2v) is 7.21. The summed E-state index contributed by atoms with van der Waals surface area (Å²) in [6.07, 6.45) is 0.508. The first-order chi connectivity index (χ1) is 13.3. The molecule has 0 saturated heterocycles. The lowest BCUT2D eigenvalue weighted by atomic mass is 9.79. The first kappa shape index (κ1) is 21.2. The van der Waals surface area contributed by atoms with Crippen LogP contribution in [0.25, 0.3) is 0 Å². The van der Waals surface area contributed by atoms with Crippen LogP contribution in [0.15, 0.2) is 46.8 Å². The maximum atomic E-state index is 12.7. The number of methoxy groups -OCH3 is 2. The number of nitrogens with one attached hydrogen (secondary N) is 1. The van der Waals surface area contributed by atoms with E-state index in [1.165, 1.54) is 14.2 Å². The minimum absolute atomic E-state index is 0.108. The highest BCUT2D eigenvalue weighted by Gasteiger charge is 2.36. The highest BCUT2D eigenvalue weighted by molar-refractivity contribution is 5.94. The zero-order valence-electron chi connectivity index (χ0n) is 17.0. The summed E-state index contributed by atoms with van der Waals surface area (Å²) in [5, 5.41) is 13.1. The predicted octanol–water partition coefficient (Wildman–Crippen LogP) is 3.50. The van der Waals surface area contributed by atoms with Gasteiger partial charge >= 0.3 is 11.9 Å². The zero-order valence-corrected chi connectivity index (χ0v) is 17.0. The largest absolute Gasteiger partial charge is 0.469 e. The van der Waals surface area contributed by atoms with Crippen molar-refractivity contribution in [1.29, 1.82) is 5.26 Å². The van der Waals surface area contributed by atoms with Gasteiger partial charge in [0.05, 0.1) is 43.8 Å². The number of esters is 2. The number of hydrogen-bond donors (Lipinski definition) is 1. The van der Waals surface area contributed by atoms with Gasteiger partial charge in [0.2, 0.25) is 0 Å². The molecule has 1 aromatic carbocycles. The lowest BCUT2D eigenvalue weighted by Crippen LogP contribution is -2.32. The zero-order chi connectivity index (χ0) is 20.8. The Bertz CT molecular complexity index is 858. The monoisotopic (exact) mass is 382 g/mol. The van der Waals surface area contributed by atoms with Gasteiger partial charge in [0.15, 0.2) is 0 Å². The van der Waals surface area contributed by atoms with Crippen molar-refractivity contribution in [3.05, 3.63) is 57.9 Å². The number of nitrogens with zero attached hydrogens (tertiary/aromatic N) is 1. The van der Waals surface area contributed by atoms with E-state index < -0.39 is 17.9 Å². The first-order valence-corrected chi connectivity index (χ1v) is 9.17. The Morgan fingerprint density at radius 1 is 1.14 bits per heavy atom. The molecule has 1 heterocycles. The van der Waals surface area contributed by atoms with Crippen LogP contribution in [0.4, 0.5) is 0 Å². The van der Waals surface area contributed by atoms with E-state index in [9.17, 15) is 14.9 Å². The van der Waals surface area contributed by atoms with Gasteiger partial charge in [-0.15, -0.1) is 0 Å². The van der Waals surface area contributed by atoms with E-state index in [4.69, 9.17) is 9.47 Å². The topological polar surface area (TPSA) is 88.4 Å². The van der Waals surface area contributed by atoms with Gasteiger partial charge in [-0.3, -0.25) is 4.79 Å². The maximum absolute atomic E-state index is 12.7. The molecule has 1 unspecified atom stereocenters. The van der Waals surface area contributed by atoms with Gasteiger partial charge in [-0.05, 0) is 24.8 Å². The van der Waals surface area contributed by atoms with Crippen LogP contribution in [0.3, 0.4) is 0 Å². The van der Waals surface area contributed by atoms with Crippen LogP contribution in [-0.4, -0.2) is 26.2 Å². The fourth-order valence-corrected chi connectivity index (χ4v) is 3.31. The summed E-state index contributed by atoms with van der Waals surface area (Å²) >= 11 is 0. The average molecular weight is 382 g/mol. The number of hydrogen-bond acceptors (Lipinski definition) is 6. The molecule has 148 valence electrons. The number of allylic oxidation sites excluding steroid dienone is 2. The van der Waals surface area contributed by atoms with Crippen LogP contribution in [-0.2, 0) is 19.1 Å². The molecule has 6 nitrogen and oxygen atoms in total. The summed E-state index contributed by atoms with van der Waals surface area (Å²) in [6, 6.07) is 9.94. The van der Waals surface area contributed by atoms with Crippen molar-refractivity contribution in [3.8, 4) is 6.07 Å². The van der Waals surface area contributed by atoms with Gasteiger partial charge in [0.1, 0.15) is 0 Å². The van der Waals surface area contributed by atoms with Crippen molar-refractivity contribution in [2.75, 3.05) is 14.2 Å². The number of aryl methyl sites for hydroxylation is 1. The Morgan fingerprint density at radius 3 is 2.29 bits per heavy atom. The highest BCUT2D eigenvalue weighted by Crippen LogP contribution is 2.40. The molecule has 1 aromatic rings. The van der Waals surface area contributed by atoms with Crippen LogP contribution in [0, 0.1) is 24.2 Å². The molecule has 0 radical (unpaired) electrons. The Labute approximate surface area is 165 Å². The number of ether oxygens (including phenoxy) is 2. The molecule has 1 atom stereocenters. The van der Waals surface area contributed by atoms with E-state index in [0.29, 0.717) is 17.7 Å². The predicted molar refractivity (Wildman–Crippen MR) is 105 cm³/mol. The van der Waals surface area contributed by atoms with Crippen LogP contribution in [0.2, 0.25) is 0 Å². The Kier molecular flexibility index (Phi) is 7.00. The van der Waals surface area contributed by atoms with Gasteiger partial charge in [-0.1, -0.05) is 43.7 Å². The van der Waals surface area contributed by atoms with Gasteiger partial charge in [0.25, 0.3) is 0 Å². The van der Waals surface area contributed by atoms with Crippen LogP contribution in [0.5, 0.6) is 0 Å². The van der Waals surface area contributed by atoms with Crippen molar-refractivity contribution >= 4 is 11.9 Å². The molecule has 0 fully saturated rings. The van der Waals surface area contributed by atoms with E-state index >= 15 is 0 Å². The first-order valence-electron chi connectivity index (χ1n) is 9.17. The minimum atomic E-state index is -0.604. The van der Waals surface area contributed by atoms with Crippen LogP contribution in [0.1, 0.15) is 43.7 Å². The lowest BCUT2D eigenvalue weighted by Gasteiger charge is -2.31. The number of rotatable bonds is 6. The molecule has 0 aromatic heterocycles. The molecule has 2 rings (SSSR count). The summed E-state index contributed by atoms with van der Waals surface area (Å²) in [4.78, 5) is 24.7. The smallest absolute Gasteiger partial charge is 0.336 e. The highest BCUT2D eigenvalue weighted by atomic mass is 16.5. The summed E-state index contributed by atoms with van der Waals surface area (Å²) in [5.74, 6) is -1.37. The molecule has 0 amide bonds. The summed E-state index contributed by atoms with van der Waals surface area (Å²) in [6.45, 7) is 6.06. The normalized spacial score (nSPS) is 16.5. The van der Waals surface area contributed by atoms with Crippen molar-refractivity contribution < 1.29 is 19.1 Å². The van der Waals surface area contributed by atoms with Crippen LogP contribution < -0.4 is 5.32 Å². The van der Waals surface area contributed by atoms with Crippen molar-refractivity contribution in [2.24, 2.45) is 5.92 Å². The number of carbonyl (C=O) groups is 2. The van der Waals surface area contributed by atoms with E-state index in [0.717, 1.165) is 16.8 Å². The molecule has 0 bridgehead atoms. The molecular weight excluding hydrogens is 356 g/mol. The molecule has 1 aliphatic rings. The molecule has 1 N–H and O–H groups in total. The molecule has 0 saturated carbocycles. The molecule has 0 spiro atoms. The Hall–Kier alpha value is -3.07. The van der Waals surface area contributed by atoms with Crippen LogP contribution >= 0.6 is 0 Å². The van der Waals surface area contributed by atoms with Gasteiger partial charge in [-0.25, -0.2) is 4.79 Å². The standard InChI is InChI=1S/C22H26N2O4/c1-13(2)10-17-16(12-23)20(15-8-6-14(3)7-9-15)21(22(26)28-5)18(24-17)11-19(25)27-4/h6-9,13,20,24H,10-11H2,1-5H3. The van der Waals surface area contributed by atoms with Gasteiger partial charge in [-0.2, -0.15) is 5.26 Å². The van der Waals surface area contributed by atoms with E-state index in [-0.39, 0.29) is 17.9 Å². The van der Waals surface area contributed by atoms with Gasteiger partial charge < -0.3 is 14.8 Å². The summed E-state index contributed by atoms with van der Waals surface area (Å²) < 4.78 is 9.79. The van der Waals surface area contributed by atoms with E-state index in [1.807, 2.05) is 45.0 Å². The fraction of sp³-hybridized carbons (Fsp3) is 0.409. The minimum Gasteiger partial charge on any atom is -0.469 e. The van der Waals surface area contributed by atoms with Gasteiger partial charge in [0, 0.05) is 11.4 Å². The number of nitriles is 1. The Morgan fingerprint density at radius 2 is 1.79 bits per heavy atom. The summed E-state index contributed by atoms with van der Waals surface area (Å²) in [5.41, 5.74) is 3.73. The molecule has 1 aliphatic heterocycles. The number of dihydropyridines is 1. The average Bonchev–Trinajstić information content (AvgIpc) is 2.67. The fourth-order valence-electron chi connectivity index (χ4n) is 3.31. The second kappa shape index (κ2) is 9.23. The molecular formula is C22H26N2O4. The number of benzene rings is 1. The third kappa shape index (κ3) is 4.61. The Balaban J connectivity index is 2.72. The third-order valence-electron chi connectivity index (χ3n) is 4.63. The lowest BCUT2D eigenvalue weighted by molar-refractivity contribution is -0.139. The summed E-state index contributed by atoms with van der Waals surface area (Å²) in [7, 11) is 2.59. The van der Waals surface area contributed by atoms with E-state index in [2.05, 4.69) is 11.4 Å².